The molecule has 0 aliphatic carbocycles. The highest BCUT2D eigenvalue weighted by Crippen LogP contribution is 2.41. The molecule has 0 saturated heterocycles. The van der Waals surface area contributed by atoms with Crippen molar-refractivity contribution in [3.8, 4) is 11.8 Å². The lowest BCUT2D eigenvalue weighted by atomic mass is 9.82. The van der Waals surface area contributed by atoms with Crippen molar-refractivity contribution in [1.82, 2.24) is 5.32 Å². The second-order valence-corrected chi connectivity index (χ2v) is 10.1. The maximum atomic E-state index is 13.7. The van der Waals surface area contributed by atoms with Crippen molar-refractivity contribution in [2.75, 3.05) is 23.5 Å². The molecule has 3 aromatic rings. The number of thioether (sulfide) groups is 1. The largest absolute Gasteiger partial charge is 0.495 e. The molecular formula is C30H27N5O5S. The summed E-state index contributed by atoms with van der Waals surface area (Å²) in [6, 6.07) is 22.7. The standard InChI is InChI=1S/C30H27N5O5S/c1-18-15-21(35(38)39)13-14-23(18)33-26(36)17-41-30-22(16-31)28(20-9-5-4-6-10-20)27(19(2)32-30)29(37)34-24-11-7-8-12-25(24)40-3/h4-15,28,32H,17H2,1-3H3,(H,33,36)(H,34,37). The Hall–Kier alpha value is -5.08. The van der Waals surface area contributed by atoms with Gasteiger partial charge in [-0.2, -0.15) is 5.26 Å². The highest BCUT2D eigenvalue weighted by Gasteiger charge is 2.35. The number of dihydropyridines is 1. The minimum Gasteiger partial charge on any atom is -0.495 e. The molecular weight excluding hydrogens is 542 g/mol. The Balaban J connectivity index is 1.60. The van der Waals surface area contributed by atoms with E-state index < -0.39 is 16.7 Å². The highest BCUT2D eigenvalue weighted by molar-refractivity contribution is 8.03. The quantitative estimate of drug-likeness (QED) is 0.222. The maximum Gasteiger partial charge on any atom is 0.269 e. The maximum absolute atomic E-state index is 13.7. The van der Waals surface area contributed by atoms with E-state index in [4.69, 9.17) is 4.74 Å². The molecule has 10 nitrogen and oxygen atoms in total. The number of nitrogens with one attached hydrogen (secondary N) is 3. The zero-order chi connectivity index (χ0) is 29.5. The number of carbonyl (C=O) groups excluding carboxylic acids is 2. The van der Waals surface area contributed by atoms with Crippen LogP contribution in [0.2, 0.25) is 0 Å². The van der Waals surface area contributed by atoms with Gasteiger partial charge in [-0.15, -0.1) is 0 Å². The Morgan fingerprint density at radius 3 is 2.41 bits per heavy atom. The Bertz CT molecular complexity index is 1610. The number of benzene rings is 3. The van der Waals surface area contributed by atoms with Crippen molar-refractivity contribution in [2.45, 2.75) is 19.8 Å². The van der Waals surface area contributed by atoms with Crippen LogP contribution in [0.1, 0.15) is 24.0 Å². The zero-order valence-corrected chi connectivity index (χ0v) is 23.4. The summed E-state index contributed by atoms with van der Waals surface area (Å²) in [5, 5.41) is 30.6. The third kappa shape index (κ3) is 6.57. The molecule has 0 radical (unpaired) electrons. The number of rotatable bonds is 9. The molecule has 0 bridgehead atoms. The fraction of sp³-hybridized carbons (Fsp3) is 0.167. The SMILES string of the molecule is COc1ccccc1NC(=O)C1=C(C)NC(SCC(=O)Nc2ccc([N+](=O)[O-])cc2C)=C(C#N)C1c1ccccc1. The number of nitriles is 1. The summed E-state index contributed by atoms with van der Waals surface area (Å²) in [4.78, 5) is 37.0. The average Bonchev–Trinajstić information content (AvgIpc) is 2.97. The van der Waals surface area contributed by atoms with Gasteiger partial charge in [-0.1, -0.05) is 54.2 Å². The first kappa shape index (κ1) is 28.9. The number of aryl methyl sites for hydroxylation is 1. The van der Waals surface area contributed by atoms with Gasteiger partial charge in [0.2, 0.25) is 5.91 Å². The first-order chi connectivity index (χ1) is 19.7. The van der Waals surface area contributed by atoms with E-state index >= 15 is 0 Å². The van der Waals surface area contributed by atoms with E-state index in [-0.39, 0.29) is 17.3 Å². The molecule has 2 amide bonds. The molecule has 0 saturated carbocycles. The van der Waals surface area contributed by atoms with E-state index in [2.05, 4.69) is 22.0 Å². The van der Waals surface area contributed by atoms with Crippen molar-refractivity contribution >= 4 is 40.6 Å². The van der Waals surface area contributed by atoms with Crippen LogP contribution in [0, 0.1) is 28.4 Å². The molecule has 41 heavy (non-hydrogen) atoms. The number of amides is 2. The number of hydrogen-bond acceptors (Lipinski definition) is 8. The van der Waals surface area contributed by atoms with Gasteiger partial charge >= 0.3 is 0 Å². The molecule has 1 heterocycles. The number of anilines is 2. The summed E-state index contributed by atoms with van der Waals surface area (Å²) in [7, 11) is 1.52. The number of nitro groups is 1. The molecule has 3 N–H and O–H groups in total. The van der Waals surface area contributed by atoms with Gasteiger partial charge in [0.1, 0.15) is 5.75 Å². The van der Waals surface area contributed by atoms with Crippen LogP contribution in [-0.4, -0.2) is 29.6 Å². The lowest BCUT2D eigenvalue weighted by molar-refractivity contribution is -0.384. The summed E-state index contributed by atoms with van der Waals surface area (Å²) >= 11 is 1.14. The summed E-state index contributed by atoms with van der Waals surface area (Å²) in [6.07, 6.45) is 0. The first-order valence-electron chi connectivity index (χ1n) is 12.5. The number of para-hydroxylation sites is 2. The second-order valence-electron chi connectivity index (χ2n) is 9.11. The molecule has 11 heteroatoms. The molecule has 0 spiro atoms. The van der Waals surface area contributed by atoms with Crippen molar-refractivity contribution in [1.29, 1.82) is 5.26 Å². The van der Waals surface area contributed by atoms with Gasteiger partial charge in [-0.05, 0) is 43.2 Å². The van der Waals surface area contributed by atoms with Gasteiger partial charge in [-0.3, -0.25) is 19.7 Å². The van der Waals surface area contributed by atoms with Crippen molar-refractivity contribution in [2.24, 2.45) is 0 Å². The van der Waals surface area contributed by atoms with Crippen LogP contribution >= 0.6 is 11.8 Å². The van der Waals surface area contributed by atoms with E-state index in [1.54, 1.807) is 38.1 Å². The minimum absolute atomic E-state index is 0.0402. The number of nitro benzene ring substituents is 1. The lowest BCUT2D eigenvalue weighted by Crippen LogP contribution is -2.31. The van der Waals surface area contributed by atoms with Gasteiger partial charge in [0.05, 0.1) is 46.1 Å². The van der Waals surface area contributed by atoms with Crippen LogP contribution in [-0.2, 0) is 9.59 Å². The smallest absolute Gasteiger partial charge is 0.269 e. The van der Waals surface area contributed by atoms with Gasteiger partial charge in [0.25, 0.3) is 11.6 Å². The number of allylic oxidation sites excluding steroid dienone is 2. The number of ether oxygens (including phenoxy) is 1. The highest BCUT2D eigenvalue weighted by atomic mass is 32.2. The van der Waals surface area contributed by atoms with Gasteiger partial charge in [-0.25, -0.2) is 0 Å². The molecule has 1 aliphatic heterocycles. The van der Waals surface area contributed by atoms with E-state index in [0.717, 1.165) is 17.3 Å². The van der Waals surface area contributed by atoms with Crippen molar-refractivity contribution in [3.63, 3.8) is 0 Å². The van der Waals surface area contributed by atoms with Crippen LogP contribution in [0.4, 0.5) is 17.1 Å². The van der Waals surface area contributed by atoms with Crippen LogP contribution < -0.4 is 20.7 Å². The number of methoxy groups -OCH3 is 1. The van der Waals surface area contributed by atoms with Crippen molar-refractivity contribution < 1.29 is 19.2 Å². The van der Waals surface area contributed by atoms with Crippen LogP contribution in [0.3, 0.4) is 0 Å². The fourth-order valence-corrected chi connectivity index (χ4v) is 5.36. The van der Waals surface area contributed by atoms with Crippen LogP contribution in [0.25, 0.3) is 0 Å². The normalized spacial score (nSPS) is 14.5. The topological polar surface area (TPSA) is 146 Å². The van der Waals surface area contributed by atoms with E-state index in [9.17, 15) is 25.0 Å². The Kier molecular flexibility index (Phi) is 9.06. The van der Waals surface area contributed by atoms with E-state index in [0.29, 0.717) is 44.6 Å². The third-order valence-electron chi connectivity index (χ3n) is 6.42. The van der Waals surface area contributed by atoms with E-state index in [1.807, 2.05) is 30.3 Å². The van der Waals surface area contributed by atoms with Gasteiger partial charge in [0.15, 0.2) is 0 Å². The number of non-ortho nitro benzene ring substituents is 1. The summed E-state index contributed by atoms with van der Waals surface area (Å²) < 4.78 is 5.37. The lowest BCUT2D eigenvalue weighted by Gasteiger charge is -2.30. The van der Waals surface area contributed by atoms with E-state index in [1.165, 1.54) is 25.3 Å². The molecule has 1 unspecified atom stereocenters. The van der Waals surface area contributed by atoms with Crippen molar-refractivity contribution in [3.05, 3.63) is 116 Å². The monoisotopic (exact) mass is 569 g/mol. The van der Waals surface area contributed by atoms with Gasteiger partial charge in [0, 0.05) is 29.1 Å². The molecule has 0 aromatic heterocycles. The fourth-order valence-electron chi connectivity index (χ4n) is 4.47. The molecule has 4 rings (SSSR count). The summed E-state index contributed by atoms with van der Waals surface area (Å²) in [6.45, 7) is 3.42. The first-order valence-corrected chi connectivity index (χ1v) is 13.5. The third-order valence-corrected chi connectivity index (χ3v) is 7.44. The zero-order valence-electron chi connectivity index (χ0n) is 22.6. The molecule has 208 valence electrons. The Morgan fingerprint density at radius 1 is 1.05 bits per heavy atom. The van der Waals surface area contributed by atoms with Crippen LogP contribution in [0.5, 0.6) is 5.75 Å². The minimum atomic E-state index is -0.681. The Labute approximate surface area is 241 Å². The number of nitrogens with zero attached hydrogens (tertiary/aromatic N) is 2. The van der Waals surface area contributed by atoms with Gasteiger partial charge < -0.3 is 20.7 Å². The summed E-state index contributed by atoms with van der Waals surface area (Å²) in [5.74, 6) is -0.963. The number of carbonyl (C=O) groups is 2. The average molecular weight is 570 g/mol. The predicted octanol–water partition coefficient (Wildman–Crippen LogP) is 5.62. The predicted molar refractivity (Wildman–Crippen MR) is 158 cm³/mol. The van der Waals surface area contributed by atoms with Crippen LogP contribution in [0.15, 0.2) is 94.7 Å². The molecule has 1 atom stereocenters. The molecule has 1 aliphatic rings. The summed E-state index contributed by atoms with van der Waals surface area (Å²) in [5.41, 5.74) is 3.40. The number of hydrogen-bond donors (Lipinski definition) is 3. The molecule has 0 fully saturated rings. The molecule has 3 aromatic carbocycles. The Morgan fingerprint density at radius 2 is 1.76 bits per heavy atom. The second kappa shape index (κ2) is 12.8.